The van der Waals surface area contributed by atoms with Crippen LogP contribution in [0.5, 0.6) is 5.75 Å². The molecular formula is C26H25F3N2O5S. The molecule has 0 bridgehead atoms. The van der Waals surface area contributed by atoms with Gasteiger partial charge in [0.2, 0.25) is 5.91 Å². The number of aliphatic carboxylic acids is 1. The van der Waals surface area contributed by atoms with Gasteiger partial charge in [-0.1, -0.05) is 32.0 Å². The third-order valence-electron chi connectivity index (χ3n) is 5.42. The van der Waals surface area contributed by atoms with Crippen LogP contribution in [0.3, 0.4) is 0 Å². The smallest absolute Gasteiger partial charge is 0.480 e. The van der Waals surface area contributed by atoms with Crippen molar-refractivity contribution in [3.8, 4) is 5.75 Å². The Morgan fingerprint density at radius 3 is 2.24 bits per heavy atom. The Balaban J connectivity index is 1.88. The molecule has 1 heterocycles. The van der Waals surface area contributed by atoms with E-state index < -0.39 is 42.4 Å². The number of ketones is 1. The number of carboxylic acids is 1. The number of carbonyl (C=O) groups is 3. The standard InChI is InChI=1S/C26H25F3N2O5S/c1-3-19-14-20(23(34)16-10-12-18(13-11-16)36-26(27,28)29)25(37-19)30-24(35)21(4-2)31(15-22(32)33)17-8-6-5-7-9-17/h5-14,21H,3-4,15H2,1-2H3,(H,30,35)(H,32,33). The van der Waals surface area contributed by atoms with Gasteiger partial charge in [-0.3, -0.25) is 14.4 Å². The highest BCUT2D eigenvalue weighted by Gasteiger charge is 2.31. The molecule has 3 aromatic rings. The SMILES string of the molecule is CCc1cc(C(=O)c2ccc(OC(F)(F)F)cc2)c(NC(=O)C(CC)N(CC(=O)O)c2ccccc2)s1. The first kappa shape index (κ1) is 27.7. The molecule has 7 nitrogen and oxygen atoms in total. The van der Waals surface area contributed by atoms with E-state index in [-0.39, 0.29) is 16.1 Å². The highest BCUT2D eigenvalue weighted by Crippen LogP contribution is 2.32. The minimum Gasteiger partial charge on any atom is -0.480 e. The summed E-state index contributed by atoms with van der Waals surface area (Å²) in [5, 5.41) is 12.5. The monoisotopic (exact) mass is 534 g/mol. The van der Waals surface area contributed by atoms with Crippen LogP contribution in [0, 0.1) is 0 Å². The van der Waals surface area contributed by atoms with Crippen LogP contribution in [0.2, 0.25) is 0 Å². The van der Waals surface area contributed by atoms with Crippen LogP contribution in [0.25, 0.3) is 0 Å². The molecule has 0 radical (unpaired) electrons. The Hall–Kier alpha value is -3.86. The molecule has 3 rings (SSSR count). The molecule has 0 aliphatic heterocycles. The number of rotatable bonds is 11. The number of aryl methyl sites for hydroxylation is 1. The van der Waals surface area contributed by atoms with Crippen molar-refractivity contribution in [3.63, 3.8) is 0 Å². The molecule has 1 unspecified atom stereocenters. The van der Waals surface area contributed by atoms with Crippen LogP contribution in [0.4, 0.5) is 23.9 Å². The number of benzene rings is 2. The number of alkyl halides is 3. The van der Waals surface area contributed by atoms with Gasteiger partial charge in [0.15, 0.2) is 5.78 Å². The zero-order chi connectivity index (χ0) is 27.2. The van der Waals surface area contributed by atoms with Crippen molar-refractivity contribution in [2.75, 3.05) is 16.8 Å². The number of hydrogen-bond donors (Lipinski definition) is 2. The number of para-hydroxylation sites is 1. The molecule has 2 aromatic carbocycles. The molecule has 0 saturated carbocycles. The summed E-state index contributed by atoms with van der Waals surface area (Å²) >= 11 is 1.21. The van der Waals surface area contributed by atoms with Crippen molar-refractivity contribution in [1.29, 1.82) is 0 Å². The average Bonchev–Trinajstić information content (AvgIpc) is 3.26. The van der Waals surface area contributed by atoms with E-state index in [1.807, 2.05) is 6.92 Å². The lowest BCUT2D eigenvalue weighted by molar-refractivity contribution is -0.274. The predicted octanol–water partition coefficient (Wildman–Crippen LogP) is 5.75. The summed E-state index contributed by atoms with van der Waals surface area (Å²) in [7, 11) is 0. The van der Waals surface area contributed by atoms with Gasteiger partial charge in [0.05, 0.1) is 5.56 Å². The quantitative estimate of drug-likeness (QED) is 0.304. The average molecular weight is 535 g/mol. The zero-order valence-corrected chi connectivity index (χ0v) is 20.9. The summed E-state index contributed by atoms with van der Waals surface area (Å²) < 4.78 is 41.2. The molecule has 0 fully saturated rings. The van der Waals surface area contributed by atoms with E-state index in [2.05, 4.69) is 10.1 Å². The molecule has 0 spiro atoms. The number of nitrogens with one attached hydrogen (secondary N) is 1. The van der Waals surface area contributed by atoms with Gasteiger partial charge >= 0.3 is 12.3 Å². The largest absolute Gasteiger partial charge is 0.573 e. The van der Waals surface area contributed by atoms with Gasteiger partial charge in [-0.2, -0.15) is 0 Å². The fourth-order valence-electron chi connectivity index (χ4n) is 3.73. The Labute approximate surface area is 215 Å². The van der Waals surface area contributed by atoms with Crippen LogP contribution in [0.15, 0.2) is 60.7 Å². The lowest BCUT2D eigenvalue weighted by atomic mass is 10.0. The number of amides is 1. The number of hydrogen-bond acceptors (Lipinski definition) is 6. The summed E-state index contributed by atoms with van der Waals surface area (Å²) in [6.45, 7) is 3.23. The molecule has 0 aliphatic carbocycles. The Bertz CT molecular complexity index is 1240. The van der Waals surface area contributed by atoms with E-state index in [9.17, 15) is 32.7 Å². The molecule has 196 valence electrons. The van der Waals surface area contributed by atoms with Gasteiger partial charge in [0.1, 0.15) is 23.3 Å². The van der Waals surface area contributed by atoms with Gasteiger partial charge in [0.25, 0.3) is 0 Å². The summed E-state index contributed by atoms with van der Waals surface area (Å²) in [5.41, 5.74) is 0.873. The summed E-state index contributed by atoms with van der Waals surface area (Å²) in [6, 6.07) is 14.0. The van der Waals surface area contributed by atoms with Crippen molar-refractivity contribution in [2.24, 2.45) is 0 Å². The highest BCUT2D eigenvalue weighted by molar-refractivity contribution is 7.16. The van der Waals surface area contributed by atoms with Gasteiger partial charge in [-0.25, -0.2) is 0 Å². The number of carboxylic acid groups (broad SMARTS) is 1. The molecule has 0 aliphatic rings. The predicted molar refractivity (Wildman–Crippen MR) is 134 cm³/mol. The van der Waals surface area contributed by atoms with Crippen LogP contribution in [-0.4, -0.2) is 41.7 Å². The molecule has 1 atom stereocenters. The fourth-order valence-corrected chi connectivity index (χ4v) is 4.73. The Morgan fingerprint density at radius 1 is 1.05 bits per heavy atom. The molecular weight excluding hydrogens is 509 g/mol. The van der Waals surface area contributed by atoms with E-state index >= 15 is 0 Å². The van der Waals surface area contributed by atoms with Crippen LogP contribution in [0.1, 0.15) is 41.1 Å². The van der Waals surface area contributed by atoms with Crippen molar-refractivity contribution in [1.82, 2.24) is 0 Å². The van der Waals surface area contributed by atoms with Crippen LogP contribution >= 0.6 is 11.3 Å². The lowest BCUT2D eigenvalue weighted by Crippen LogP contribution is -2.46. The topological polar surface area (TPSA) is 95.9 Å². The third kappa shape index (κ3) is 7.32. The summed E-state index contributed by atoms with van der Waals surface area (Å²) in [4.78, 5) is 40.4. The first-order valence-corrected chi connectivity index (χ1v) is 12.2. The molecule has 2 N–H and O–H groups in total. The van der Waals surface area contributed by atoms with Gasteiger partial charge in [-0.15, -0.1) is 24.5 Å². The van der Waals surface area contributed by atoms with Crippen LogP contribution in [-0.2, 0) is 16.0 Å². The van der Waals surface area contributed by atoms with E-state index in [1.165, 1.54) is 28.4 Å². The molecule has 37 heavy (non-hydrogen) atoms. The maximum absolute atomic E-state index is 13.4. The highest BCUT2D eigenvalue weighted by atomic mass is 32.1. The molecule has 1 amide bonds. The van der Waals surface area contributed by atoms with E-state index in [1.54, 1.807) is 43.3 Å². The second kappa shape index (κ2) is 11.9. The van der Waals surface area contributed by atoms with Gasteiger partial charge < -0.3 is 20.1 Å². The number of ether oxygens (including phenoxy) is 1. The third-order valence-corrected chi connectivity index (χ3v) is 6.62. The van der Waals surface area contributed by atoms with E-state index in [0.717, 1.165) is 17.0 Å². The van der Waals surface area contributed by atoms with Gasteiger partial charge in [-0.05, 0) is 55.3 Å². The number of carbonyl (C=O) groups excluding carboxylic acids is 2. The number of anilines is 2. The summed E-state index contributed by atoms with van der Waals surface area (Å²) in [5.74, 6) is -2.53. The second-order valence-electron chi connectivity index (χ2n) is 7.98. The van der Waals surface area contributed by atoms with Crippen molar-refractivity contribution in [3.05, 3.63) is 76.7 Å². The minimum absolute atomic E-state index is 0.120. The Morgan fingerprint density at radius 2 is 1.70 bits per heavy atom. The first-order valence-electron chi connectivity index (χ1n) is 11.4. The van der Waals surface area contributed by atoms with Crippen molar-refractivity contribution >= 4 is 39.7 Å². The number of nitrogens with zero attached hydrogens (tertiary/aromatic N) is 1. The molecule has 11 heteroatoms. The number of halogens is 3. The fraction of sp³-hybridized carbons (Fsp3) is 0.269. The van der Waals surface area contributed by atoms with Crippen molar-refractivity contribution < 1.29 is 37.4 Å². The van der Waals surface area contributed by atoms with Gasteiger partial charge in [0, 0.05) is 16.1 Å². The maximum atomic E-state index is 13.4. The maximum Gasteiger partial charge on any atom is 0.573 e. The van der Waals surface area contributed by atoms with Crippen molar-refractivity contribution in [2.45, 2.75) is 39.1 Å². The van der Waals surface area contributed by atoms with E-state index in [4.69, 9.17) is 0 Å². The lowest BCUT2D eigenvalue weighted by Gasteiger charge is -2.30. The molecule has 0 saturated heterocycles. The second-order valence-corrected chi connectivity index (χ2v) is 9.12. The minimum atomic E-state index is -4.85. The summed E-state index contributed by atoms with van der Waals surface area (Å²) in [6.07, 6.45) is -3.97. The first-order chi connectivity index (χ1) is 17.5. The number of thiophene rings is 1. The zero-order valence-electron chi connectivity index (χ0n) is 20.0. The van der Waals surface area contributed by atoms with Crippen LogP contribution < -0.4 is 15.0 Å². The Kier molecular flexibility index (Phi) is 8.93. The molecule has 1 aromatic heterocycles. The van der Waals surface area contributed by atoms with E-state index in [0.29, 0.717) is 18.5 Å². The normalized spacial score (nSPS) is 12.0.